The van der Waals surface area contributed by atoms with Gasteiger partial charge in [0.05, 0.1) is 6.54 Å². The number of carbonyl (C=O) groups is 1. The molecule has 4 nitrogen and oxygen atoms in total. The van der Waals surface area contributed by atoms with Gasteiger partial charge in [0.15, 0.2) is 0 Å². The summed E-state index contributed by atoms with van der Waals surface area (Å²) < 4.78 is 0. The zero-order chi connectivity index (χ0) is 8.97. The first kappa shape index (κ1) is 9.48. The Morgan fingerprint density at radius 2 is 2.25 bits per heavy atom. The smallest absolute Gasteiger partial charge is 0.236 e. The Balaban J connectivity index is 2.35. The normalized spacial score (nSPS) is 20.2. The van der Waals surface area contributed by atoms with Crippen LogP contribution in [0, 0.1) is 0 Å². The van der Waals surface area contributed by atoms with E-state index >= 15 is 0 Å². The Hall–Kier alpha value is -0.610. The molecule has 70 valence electrons. The molecule has 0 spiro atoms. The molecule has 0 aromatic heterocycles. The second-order valence-electron chi connectivity index (χ2n) is 3.04. The maximum Gasteiger partial charge on any atom is 0.236 e. The third-order valence-electron chi connectivity index (χ3n) is 2.22. The molecule has 0 aromatic carbocycles. The van der Waals surface area contributed by atoms with Crippen molar-refractivity contribution in [3.05, 3.63) is 0 Å². The molecule has 1 rings (SSSR count). The zero-order valence-electron chi connectivity index (χ0n) is 7.62. The van der Waals surface area contributed by atoms with Crippen molar-refractivity contribution in [1.29, 1.82) is 0 Å². The second-order valence-corrected chi connectivity index (χ2v) is 3.04. The van der Waals surface area contributed by atoms with E-state index in [1.165, 1.54) is 0 Å². The number of nitrogens with two attached hydrogens (primary N) is 1. The van der Waals surface area contributed by atoms with Crippen molar-refractivity contribution in [1.82, 2.24) is 9.80 Å². The summed E-state index contributed by atoms with van der Waals surface area (Å²) in [5.74, 6) is 0.234. The van der Waals surface area contributed by atoms with Crippen LogP contribution in [-0.2, 0) is 4.79 Å². The van der Waals surface area contributed by atoms with Crippen molar-refractivity contribution in [3.63, 3.8) is 0 Å². The highest BCUT2D eigenvalue weighted by atomic mass is 16.2. The Labute approximate surface area is 73.3 Å². The number of nitrogens with zero attached hydrogens (tertiary/aromatic N) is 2. The number of hydrogen-bond acceptors (Lipinski definition) is 3. The van der Waals surface area contributed by atoms with Gasteiger partial charge in [0.1, 0.15) is 0 Å². The lowest BCUT2D eigenvalue weighted by Gasteiger charge is -2.33. The molecule has 0 aromatic rings. The van der Waals surface area contributed by atoms with Crippen LogP contribution < -0.4 is 5.73 Å². The molecule has 1 amide bonds. The van der Waals surface area contributed by atoms with E-state index in [-0.39, 0.29) is 5.91 Å². The molecule has 1 heterocycles. The van der Waals surface area contributed by atoms with E-state index in [2.05, 4.69) is 4.90 Å². The molecule has 1 saturated heterocycles. The zero-order valence-corrected chi connectivity index (χ0v) is 7.62. The molecule has 1 fully saturated rings. The van der Waals surface area contributed by atoms with Crippen LogP contribution in [0.3, 0.4) is 0 Å². The monoisotopic (exact) mass is 171 g/mol. The highest BCUT2D eigenvalue weighted by molar-refractivity contribution is 5.78. The van der Waals surface area contributed by atoms with Crippen LogP contribution in [0.1, 0.15) is 6.92 Å². The van der Waals surface area contributed by atoms with Crippen LogP contribution in [0.4, 0.5) is 0 Å². The quantitative estimate of drug-likeness (QED) is 0.599. The lowest BCUT2D eigenvalue weighted by Crippen LogP contribution is -2.51. The molecule has 1 aliphatic rings. The van der Waals surface area contributed by atoms with Gasteiger partial charge < -0.3 is 10.6 Å². The predicted octanol–water partition coefficient (Wildman–Crippen LogP) is -0.891. The van der Waals surface area contributed by atoms with Crippen molar-refractivity contribution < 1.29 is 4.79 Å². The van der Waals surface area contributed by atoms with Gasteiger partial charge in [0.25, 0.3) is 0 Å². The Morgan fingerprint density at radius 1 is 1.50 bits per heavy atom. The Kier molecular flexibility index (Phi) is 3.49. The first-order valence-corrected chi connectivity index (χ1v) is 4.48. The summed E-state index contributed by atoms with van der Waals surface area (Å²) in [6, 6.07) is 0. The van der Waals surface area contributed by atoms with Crippen molar-refractivity contribution in [2.75, 3.05) is 39.3 Å². The first-order valence-electron chi connectivity index (χ1n) is 4.48. The molecule has 2 N–H and O–H groups in total. The van der Waals surface area contributed by atoms with E-state index in [9.17, 15) is 4.79 Å². The van der Waals surface area contributed by atoms with Gasteiger partial charge in [-0.3, -0.25) is 9.69 Å². The molecule has 1 aliphatic heterocycles. The number of hydrogen-bond donors (Lipinski definition) is 1. The summed E-state index contributed by atoms with van der Waals surface area (Å²) in [6.07, 6.45) is 0. The third kappa shape index (κ3) is 2.19. The van der Waals surface area contributed by atoms with Crippen molar-refractivity contribution in [2.45, 2.75) is 6.92 Å². The molecular weight excluding hydrogens is 154 g/mol. The van der Waals surface area contributed by atoms with Crippen molar-refractivity contribution in [3.8, 4) is 0 Å². The maximum atomic E-state index is 11.4. The minimum atomic E-state index is 0.234. The largest absolute Gasteiger partial charge is 0.341 e. The van der Waals surface area contributed by atoms with E-state index < -0.39 is 0 Å². The highest BCUT2D eigenvalue weighted by Crippen LogP contribution is 2.01. The molecular formula is C8H17N3O. The van der Waals surface area contributed by atoms with Crippen LogP contribution in [0.2, 0.25) is 0 Å². The number of amides is 1. The van der Waals surface area contributed by atoms with E-state index in [1.807, 2.05) is 11.8 Å². The summed E-state index contributed by atoms with van der Waals surface area (Å²) >= 11 is 0. The van der Waals surface area contributed by atoms with Gasteiger partial charge in [-0.15, -0.1) is 0 Å². The fraction of sp³-hybridized carbons (Fsp3) is 0.875. The van der Waals surface area contributed by atoms with Crippen molar-refractivity contribution >= 4 is 5.91 Å². The van der Waals surface area contributed by atoms with Gasteiger partial charge in [0, 0.05) is 32.7 Å². The molecule has 12 heavy (non-hydrogen) atoms. The fourth-order valence-corrected chi connectivity index (χ4v) is 1.47. The lowest BCUT2D eigenvalue weighted by atomic mass is 10.3. The molecule has 4 heteroatoms. The van der Waals surface area contributed by atoms with E-state index in [0.29, 0.717) is 13.1 Å². The van der Waals surface area contributed by atoms with E-state index in [1.54, 1.807) is 0 Å². The highest BCUT2D eigenvalue weighted by Gasteiger charge is 2.21. The van der Waals surface area contributed by atoms with Crippen LogP contribution in [-0.4, -0.2) is 55.0 Å². The van der Waals surface area contributed by atoms with Crippen LogP contribution >= 0.6 is 0 Å². The molecule has 0 saturated carbocycles. The number of carbonyl (C=O) groups excluding carboxylic acids is 1. The fourth-order valence-electron chi connectivity index (χ4n) is 1.47. The van der Waals surface area contributed by atoms with Crippen LogP contribution in [0.5, 0.6) is 0 Å². The average molecular weight is 171 g/mol. The minimum Gasteiger partial charge on any atom is -0.341 e. The minimum absolute atomic E-state index is 0.234. The molecule has 0 aliphatic carbocycles. The van der Waals surface area contributed by atoms with Gasteiger partial charge in [-0.05, 0) is 6.92 Å². The third-order valence-corrected chi connectivity index (χ3v) is 2.22. The second kappa shape index (κ2) is 4.42. The SMILES string of the molecule is CCN1CCN(CCN)CC1=O. The molecule has 0 radical (unpaired) electrons. The van der Waals surface area contributed by atoms with Crippen molar-refractivity contribution in [2.24, 2.45) is 5.73 Å². The van der Waals surface area contributed by atoms with Gasteiger partial charge in [0.2, 0.25) is 5.91 Å². The van der Waals surface area contributed by atoms with Gasteiger partial charge >= 0.3 is 0 Å². The molecule has 0 atom stereocenters. The van der Waals surface area contributed by atoms with Gasteiger partial charge in [-0.2, -0.15) is 0 Å². The Morgan fingerprint density at radius 3 is 2.75 bits per heavy atom. The summed E-state index contributed by atoms with van der Waals surface area (Å²) in [6.45, 7) is 6.69. The number of piperazine rings is 1. The van der Waals surface area contributed by atoms with Crippen LogP contribution in [0.15, 0.2) is 0 Å². The van der Waals surface area contributed by atoms with Gasteiger partial charge in [-0.1, -0.05) is 0 Å². The van der Waals surface area contributed by atoms with Crippen LogP contribution in [0.25, 0.3) is 0 Å². The molecule has 0 unspecified atom stereocenters. The number of rotatable bonds is 3. The topological polar surface area (TPSA) is 49.6 Å². The summed E-state index contributed by atoms with van der Waals surface area (Å²) in [4.78, 5) is 15.3. The Bertz CT molecular complexity index is 160. The summed E-state index contributed by atoms with van der Waals surface area (Å²) in [5.41, 5.74) is 5.41. The lowest BCUT2D eigenvalue weighted by molar-refractivity contribution is -0.135. The summed E-state index contributed by atoms with van der Waals surface area (Å²) in [5, 5.41) is 0. The van der Waals surface area contributed by atoms with E-state index in [4.69, 9.17) is 5.73 Å². The first-order chi connectivity index (χ1) is 5.77. The van der Waals surface area contributed by atoms with E-state index in [0.717, 1.165) is 26.2 Å². The van der Waals surface area contributed by atoms with Gasteiger partial charge in [-0.25, -0.2) is 0 Å². The maximum absolute atomic E-state index is 11.4. The predicted molar refractivity (Wildman–Crippen MR) is 47.7 cm³/mol. The standard InChI is InChI=1S/C8H17N3O/c1-2-11-6-5-10(4-3-9)7-8(11)12/h2-7,9H2,1H3. The molecule has 0 bridgehead atoms. The average Bonchev–Trinajstić information content (AvgIpc) is 2.05. The number of likely N-dealkylation sites (N-methyl/N-ethyl adjacent to an activating group) is 1. The summed E-state index contributed by atoms with van der Waals surface area (Å²) in [7, 11) is 0.